The zero-order chi connectivity index (χ0) is 23.4. The molecule has 0 aliphatic carbocycles. The fourth-order valence-corrected chi connectivity index (χ4v) is 5.76. The summed E-state index contributed by atoms with van der Waals surface area (Å²) in [5.74, 6) is -0.166. The topological polar surface area (TPSA) is 97.8 Å². The van der Waals surface area contributed by atoms with Gasteiger partial charge in [0.2, 0.25) is 10.0 Å². The van der Waals surface area contributed by atoms with Crippen LogP contribution >= 0.6 is 11.3 Å². The molecule has 2 heterocycles. The fourth-order valence-electron chi connectivity index (χ4n) is 3.39. The summed E-state index contributed by atoms with van der Waals surface area (Å²) in [4.78, 5) is 17.3. The van der Waals surface area contributed by atoms with E-state index in [0.717, 1.165) is 16.1 Å². The Labute approximate surface area is 197 Å². The monoisotopic (exact) mass is 487 g/mol. The van der Waals surface area contributed by atoms with Gasteiger partial charge in [0.05, 0.1) is 19.8 Å². The van der Waals surface area contributed by atoms with E-state index in [1.807, 2.05) is 31.2 Å². The Morgan fingerprint density at radius 2 is 1.91 bits per heavy atom. The fraction of sp³-hybridized carbons (Fsp3) is 0.304. The maximum atomic E-state index is 13.2. The number of aromatic nitrogens is 1. The Morgan fingerprint density at radius 3 is 2.61 bits per heavy atom. The largest absolute Gasteiger partial charge is 0.492 e. The minimum atomic E-state index is -3.81. The molecule has 1 fully saturated rings. The average molecular weight is 488 g/mol. The number of morpholine rings is 1. The normalized spacial score (nSPS) is 14.7. The quantitative estimate of drug-likeness (QED) is 0.545. The molecule has 0 unspecified atom stereocenters. The van der Waals surface area contributed by atoms with Crippen LogP contribution in [0.15, 0.2) is 52.7 Å². The minimum absolute atomic E-state index is 0.0164. The van der Waals surface area contributed by atoms with Gasteiger partial charge in [-0.25, -0.2) is 13.4 Å². The lowest BCUT2D eigenvalue weighted by Gasteiger charge is -2.27. The van der Waals surface area contributed by atoms with E-state index in [-0.39, 0.29) is 29.4 Å². The zero-order valence-corrected chi connectivity index (χ0v) is 20.0. The molecule has 0 radical (unpaired) electrons. The van der Waals surface area contributed by atoms with E-state index < -0.39 is 15.9 Å². The van der Waals surface area contributed by atoms with Crippen LogP contribution in [0.5, 0.6) is 5.75 Å². The van der Waals surface area contributed by atoms with E-state index >= 15 is 0 Å². The van der Waals surface area contributed by atoms with Gasteiger partial charge in [0.1, 0.15) is 21.3 Å². The van der Waals surface area contributed by atoms with Crippen molar-refractivity contribution in [1.82, 2.24) is 9.29 Å². The van der Waals surface area contributed by atoms with E-state index in [9.17, 15) is 13.2 Å². The van der Waals surface area contributed by atoms with Crippen LogP contribution < -0.4 is 10.1 Å². The van der Waals surface area contributed by atoms with Crippen molar-refractivity contribution < 1.29 is 22.7 Å². The summed E-state index contributed by atoms with van der Waals surface area (Å²) in [5, 5.41) is 5.18. The molecular weight excluding hydrogens is 462 g/mol. The molecule has 33 heavy (non-hydrogen) atoms. The first-order chi connectivity index (χ1) is 15.9. The van der Waals surface area contributed by atoms with Crippen LogP contribution in [0.2, 0.25) is 0 Å². The zero-order valence-electron chi connectivity index (χ0n) is 18.4. The molecule has 1 N–H and O–H groups in total. The van der Waals surface area contributed by atoms with Crippen LogP contribution in [0, 0.1) is 6.92 Å². The first kappa shape index (κ1) is 23.4. The number of hydrogen-bond donors (Lipinski definition) is 1. The van der Waals surface area contributed by atoms with Crippen molar-refractivity contribution >= 4 is 33.0 Å². The van der Waals surface area contributed by atoms with Gasteiger partial charge >= 0.3 is 0 Å². The van der Waals surface area contributed by atoms with Crippen LogP contribution in [-0.4, -0.2) is 56.5 Å². The second-order valence-corrected chi connectivity index (χ2v) is 10.2. The summed E-state index contributed by atoms with van der Waals surface area (Å²) in [6, 6.07) is 12.5. The molecule has 1 aliphatic heterocycles. The number of hydrogen-bond acceptors (Lipinski definition) is 7. The van der Waals surface area contributed by atoms with Gasteiger partial charge in [-0.15, -0.1) is 11.3 Å². The number of nitrogens with zero attached hydrogens (tertiary/aromatic N) is 2. The highest BCUT2D eigenvalue weighted by Crippen LogP contribution is 2.31. The van der Waals surface area contributed by atoms with Gasteiger partial charge in [0, 0.05) is 29.7 Å². The summed E-state index contributed by atoms with van der Waals surface area (Å²) < 4.78 is 38.7. The van der Waals surface area contributed by atoms with Gasteiger partial charge in [-0.3, -0.25) is 4.79 Å². The number of ether oxygens (including phenoxy) is 2. The van der Waals surface area contributed by atoms with E-state index in [4.69, 9.17) is 9.47 Å². The van der Waals surface area contributed by atoms with Crippen LogP contribution in [-0.2, 0) is 14.8 Å². The van der Waals surface area contributed by atoms with Gasteiger partial charge in [0.25, 0.3) is 5.91 Å². The lowest BCUT2D eigenvalue weighted by molar-refractivity contribution is 0.0729. The Bertz CT molecular complexity index is 1230. The first-order valence-corrected chi connectivity index (χ1v) is 12.9. The van der Waals surface area contributed by atoms with Crippen molar-refractivity contribution in [3.63, 3.8) is 0 Å². The van der Waals surface area contributed by atoms with Crippen molar-refractivity contribution in [3.05, 3.63) is 59.1 Å². The van der Waals surface area contributed by atoms with Crippen LogP contribution in [0.4, 0.5) is 5.69 Å². The molecule has 0 bridgehead atoms. The Morgan fingerprint density at radius 1 is 1.18 bits per heavy atom. The molecule has 3 aromatic rings. The molecule has 4 rings (SSSR count). The molecule has 1 saturated heterocycles. The molecule has 1 aromatic heterocycles. The summed E-state index contributed by atoms with van der Waals surface area (Å²) >= 11 is 1.38. The number of thiazole rings is 1. The summed E-state index contributed by atoms with van der Waals surface area (Å²) in [6.45, 7) is 5.33. The minimum Gasteiger partial charge on any atom is -0.492 e. The summed E-state index contributed by atoms with van der Waals surface area (Å²) in [6.07, 6.45) is 0. The number of aryl methyl sites for hydroxylation is 1. The number of carbonyl (C=O) groups is 1. The highest BCUT2D eigenvalue weighted by Gasteiger charge is 2.30. The van der Waals surface area contributed by atoms with Gasteiger partial charge in [-0.1, -0.05) is 29.8 Å². The molecular formula is C23H25N3O5S2. The molecule has 0 saturated carbocycles. The molecule has 1 aliphatic rings. The number of rotatable bonds is 7. The van der Waals surface area contributed by atoms with Gasteiger partial charge < -0.3 is 14.8 Å². The van der Waals surface area contributed by atoms with Crippen LogP contribution in [0.1, 0.15) is 23.0 Å². The van der Waals surface area contributed by atoms with Crippen LogP contribution in [0.25, 0.3) is 10.6 Å². The molecule has 8 nitrogen and oxygen atoms in total. The van der Waals surface area contributed by atoms with Crippen LogP contribution in [0.3, 0.4) is 0 Å². The number of anilines is 1. The Kier molecular flexibility index (Phi) is 7.08. The third-order valence-electron chi connectivity index (χ3n) is 5.12. The molecule has 10 heteroatoms. The lowest BCUT2D eigenvalue weighted by Crippen LogP contribution is -2.40. The second-order valence-electron chi connectivity index (χ2n) is 7.47. The van der Waals surface area contributed by atoms with Gasteiger partial charge in [0.15, 0.2) is 0 Å². The maximum Gasteiger partial charge on any atom is 0.275 e. The lowest BCUT2D eigenvalue weighted by atomic mass is 10.2. The van der Waals surface area contributed by atoms with E-state index in [0.29, 0.717) is 25.5 Å². The number of amides is 1. The van der Waals surface area contributed by atoms with E-state index in [1.54, 1.807) is 24.4 Å². The molecule has 0 spiro atoms. The molecule has 2 aromatic carbocycles. The predicted molar refractivity (Wildman–Crippen MR) is 127 cm³/mol. The number of nitrogens with one attached hydrogen (secondary N) is 1. The highest BCUT2D eigenvalue weighted by molar-refractivity contribution is 7.89. The van der Waals surface area contributed by atoms with Crippen molar-refractivity contribution in [3.8, 4) is 16.3 Å². The van der Waals surface area contributed by atoms with E-state index in [1.165, 1.54) is 21.7 Å². The third-order valence-corrected chi connectivity index (χ3v) is 7.94. The summed E-state index contributed by atoms with van der Waals surface area (Å²) in [7, 11) is -3.81. The maximum absolute atomic E-state index is 13.2. The predicted octanol–water partition coefficient (Wildman–Crippen LogP) is 3.79. The molecule has 0 atom stereocenters. The highest BCUT2D eigenvalue weighted by atomic mass is 32.2. The molecule has 174 valence electrons. The first-order valence-electron chi connectivity index (χ1n) is 10.6. The smallest absolute Gasteiger partial charge is 0.275 e. The molecule has 1 amide bonds. The Hall–Kier alpha value is -2.79. The van der Waals surface area contributed by atoms with Crippen molar-refractivity contribution in [2.24, 2.45) is 0 Å². The number of carbonyl (C=O) groups excluding carboxylic acids is 1. The van der Waals surface area contributed by atoms with Gasteiger partial charge in [-0.2, -0.15) is 4.31 Å². The summed E-state index contributed by atoms with van der Waals surface area (Å²) in [5.41, 5.74) is 2.69. The van der Waals surface area contributed by atoms with Crippen molar-refractivity contribution in [2.75, 3.05) is 38.2 Å². The number of sulfonamides is 1. The average Bonchev–Trinajstić information content (AvgIpc) is 3.32. The number of benzene rings is 2. The SMILES string of the molecule is CCOc1ccc(NC(=O)c2csc(-c3ccc(C)cc3)n2)cc1S(=O)(=O)N1CCOCC1. The van der Waals surface area contributed by atoms with Crippen molar-refractivity contribution in [2.45, 2.75) is 18.7 Å². The van der Waals surface area contributed by atoms with Crippen molar-refractivity contribution in [1.29, 1.82) is 0 Å². The van der Waals surface area contributed by atoms with Gasteiger partial charge in [-0.05, 0) is 32.0 Å². The Balaban J connectivity index is 1.57. The second kappa shape index (κ2) is 10.0. The third kappa shape index (κ3) is 5.25. The van der Waals surface area contributed by atoms with E-state index in [2.05, 4.69) is 10.3 Å². The standard InChI is InChI=1S/C23H25N3O5S2/c1-3-31-20-9-8-18(14-21(20)33(28,29)26-10-12-30-13-11-26)24-22(27)19-15-32-23(25-19)17-6-4-16(2)5-7-17/h4-9,14-15H,3,10-13H2,1-2H3,(H,24,27).